The molecule has 0 spiro atoms. The number of aliphatic hydroxyl groups excluding tert-OH is 1. The van der Waals surface area contributed by atoms with Crippen LogP contribution in [0.4, 0.5) is 0 Å². The summed E-state index contributed by atoms with van der Waals surface area (Å²) in [5, 5.41) is 11.1. The topological polar surface area (TPSA) is 70.5 Å². The molecule has 0 saturated carbocycles. The molecule has 2 heterocycles. The zero-order chi connectivity index (χ0) is 22.8. The second kappa shape index (κ2) is 8.79. The standard InChI is InChI=1S/C27H26N2O3/c1-17(2)20-10-12-21(13-11-20)24-23(25(30)22-8-6-18(3)7-9-22)26(31)27(32)29(24)16-19-5-4-14-28-15-19/h4-15,17,24,30H,16H2,1-3H3. The van der Waals surface area contributed by atoms with E-state index in [4.69, 9.17) is 0 Å². The Balaban J connectivity index is 1.84. The lowest BCUT2D eigenvalue weighted by Gasteiger charge is -2.25. The van der Waals surface area contributed by atoms with Gasteiger partial charge in [0, 0.05) is 24.5 Å². The molecule has 2 aromatic carbocycles. The molecule has 0 radical (unpaired) electrons. The number of aromatic nitrogens is 1. The fourth-order valence-corrected chi connectivity index (χ4v) is 4.01. The Kier molecular flexibility index (Phi) is 5.91. The van der Waals surface area contributed by atoms with E-state index in [1.165, 1.54) is 4.90 Å². The van der Waals surface area contributed by atoms with Crippen molar-refractivity contribution in [2.45, 2.75) is 39.3 Å². The zero-order valence-corrected chi connectivity index (χ0v) is 18.4. The number of Topliss-reactive ketones (excluding diaryl/α,β-unsaturated/α-hetero) is 1. The van der Waals surface area contributed by atoms with E-state index < -0.39 is 17.7 Å². The SMILES string of the molecule is Cc1ccc(C(O)=C2C(=O)C(=O)N(Cc3cccnc3)C2c2ccc(C(C)C)cc2)cc1. The highest BCUT2D eigenvalue weighted by molar-refractivity contribution is 6.46. The third-order valence-electron chi connectivity index (χ3n) is 5.86. The van der Waals surface area contributed by atoms with Gasteiger partial charge in [0.05, 0.1) is 11.6 Å². The van der Waals surface area contributed by atoms with Gasteiger partial charge in [0.2, 0.25) is 0 Å². The van der Waals surface area contributed by atoms with Crippen molar-refractivity contribution in [1.82, 2.24) is 9.88 Å². The van der Waals surface area contributed by atoms with Crippen LogP contribution in [0.15, 0.2) is 78.6 Å². The molecule has 1 N–H and O–H groups in total. The van der Waals surface area contributed by atoms with Gasteiger partial charge in [-0.3, -0.25) is 14.6 Å². The van der Waals surface area contributed by atoms with Gasteiger partial charge in [0.1, 0.15) is 5.76 Å². The molecule has 32 heavy (non-hydrogen) atoms. The molecule has 1 amide bonds. The summed E-state index contributed by atoms with van der Waals surface area (Å²) in [5.41, 5.74) is 4.43. The summed E-state index contributed by atoms with van der Waals surface area (Å²) in [6.07, 6.45) is 3.34. The molecule has 1 aromatic heterocycles. The van der Waals surface area contributed by atoms with Crippen LogP contribution in [-0.4, -0.2) is 26.7 Å². The van der Waals surface area contributed by atoms with Gasteiger partial charge < -0.3 is 10.0 Å². The second-order valence-electron chi connectivity index (χ2n) is 8.48. The lowest BCUT2D eigenvalue weighted by Crippen LogP contribution is -2.29. The number of hydrogen-bond acceptors (Lipinski definition) is 4. The Morgan fingerprint density at radius 1 is 1.03 bits per heavy atom. The van der Waals surface area contributed by atoms with Gasteiger partial charge in [0.25, 0.3) is 11.7 Å². The van der Waals surface area contributed by atoms with E-state index in [0.717, 1.165) is 22.3 Å². The number of carbonyl (C=O) groups is 2. The Morgan fingerprint density at radius 3 is 2.31 bits per heavy atom. The minimum Gasteiger partial charge on any atom is -0.507 e. The van der Waals surface area contributed by atoms with Crippen molar-refractivity contribution in [3.05, 3.63) is 106 Å². The van der Waals surface area contributed by atoms with Crippen molar-refractivity contribution >= 4 is 17.4 Å². The molecule has 1 aliphatic heterocycles. The minimum atomic E-state index is -0.683. The number of benzene rings is 2. The number of aliphatic hydroxyl groups is 1. The molecule has 162 valence electrons. The first-order chi connectivity index (χ1) is 15.4. The smallest absolute Gasteiger partial charge is 0.295 e. The van der Waals surface area contributed by atoms with Gasteiger partial charge in [-0.25, -0.2) is 0 Å². The predicted molar refractivity (Wildman–Crippen MR) is 124 cm³/mol. The number of pyridine rings is 1. The molecule has 4 rings (SSSR count). The highest BCUT2D eigenvalue weighted by Crippen LogP contribution is 2.40. The van der Waals surface area contributed by atoms with E-state index in [9.17, 15) is 14.7 Å². The summed E-state index contributed by atoms with van der Waals surface area (Å²) in [4.78, 5) is 31.8. The second-order valence-corrected chi connectivity index (χ2v) is 8.48. The maximum Gasteiger partial charge on any atom is 0.295 e. The van der Waals surface area contributed by atoms with Gasteiger partial charge in [-0.15, -0.1) is 0 Å². The van der Waals surface area contributed by atoms with E-state index >= 15 is 0 Å². The molecule has 3 aromatic rings. The molecule has 1 saturated heterocycles. The van der Waals surface area contributed by atoms with E-state index in [0.29, 0.717) is 11.5 Å². The first-order valence-corrected chi connectivity index (χ1v) is 10.7. The highest BCUT2D eigenvalue weighted by Gasteiger charge is 2.46. The number of nitrogens with zero attached hydrogens (tertiary/aromatic N) is 2. The summed E-state index contributed by atoms with van der Waals surface area (Å²) in [6, 6.07) is 18.1. The Labute approximate surface area is 188 Å². The third kappa shape index (κ3) is 4.06. The summed E-state index contributed by atoms with van der Waals surface area (Å²) < 4.78 is 0. The maximum atomic E-state index is 13.1. The first-order valence-electron chi connectivity index (χ1n) is 10.7. The number of amides is 1. The number of likely N-dealkylation sites (tertiary alicyclic amines) is 1. The Morgan fingerprint density at radius 2 is 1.72 bits per heavy atom. The molecule has 1 atom stereocenters. The minimum absolute atomic E-state index is 0.111. The van der Waals surface area contributed by atoms with Crippen molar-refractivity contribution in [3.63, 3.8) is 0 Å². The van der Waals surface area contributed by atoms with E-state index in [1.807, 2.05) is 49.4 Å². The number of hydrogen-bond donors (Lipinski definition) is 1. The van der Waals surface area contributed by atoms with Gasteiger partial charge in [-0.1, -0.05) is 74.0 Å². The molecular weight excluding hydrogens is 400 g/mol. The predicted octanol–water partition coefficient (Wildman–Crippen LogP) is 5.14. The fraction of sp³-hybridized carbons (Fsp3) is 0.222. The summed E-state index contributed by atoms with van der Waals surface area (Å²) in [6.45, 7) is 6.40. The fourth-order valence-electron chi connectivity index (χ4n) is 4.01. The number of rotatable bonds is 5. The van der Waals surface area contributed by atoms with Crippen LogP contribution in [0.3, 0.4) is 0 Å². The summed E-state index contributed by atoms with van der Waals surface area (Å²) >= 11 is 0. The lowest BCUT2D eigenvalue weighted by atomic mass is 9.93. The van der Waals surface area contributed by atoms with Gasteiger partial charge in [0.15, 0.2) is 0 Å². The van der Waals surface area contributed by atoms with Crippen molar-refractivity contribution in [1.29, 1.82) is 0 Å². The van der Waals surface area contributed by atoms with Gasteiger partial charge >= 0.3 is 0 Å². The van der Waals surface area contributed by atoms with E-state index in [2.05, 4.69) is 18.8 Å². The largest absolute Gasteiger partial charge is 0.507 e. The molecule has 0 bridgehead atoms. The van der Waals surface area contributed by atoms with Crippen molar-refractivity contribution in [3.8, 4) is 0 Å². The average molecular weight is 427 g/mol. The molecule has 5 heteroatoms. The van der Waals surface area contributed by atoms with Gasteiger partial charge in [-0.05, 0) is 35.6 Å². The van der Waals surface area contributed by atoms with Crippen LogP contribution in [-0.2, 0) is 16.1 Å². The third-order valence-corrected chi connectivity index (χ3v) is 5.86. The summed E-state index contributed by atoms with van der Waals surface area (Å²) in [5.74, 6) is -1.10. The van der Waals surface area contributed by atoms with Crippen LogP contribution in [0.25, 0.3) is 5.76 Å². The van der Waals surface area contributed by atoms with Gasteiger partial charge in [-0.2, -0.15) is 0 Å². The summed E-state index contributed by atoms with van der Waals surface area (Å²) in [7, 11) is 0. The van der Waals surface area contributed by atoms with Crippen LogP contribution < -0.4 is 0 Å². The van der Waals surface area contributed by atoms with Crippen LogP contribution >= 0.6 is 0 Å². The van der Waals surface area contributed by atoms with Crippen molar-refractivity contribution in [2.75, 3.05) is 0 Å². The molecule has 1 aliphatic rings. The molecule has 0 aliphatic carbocycles. The lowest BCUT2D eigenvalue weighted by molar-refractivity contribution is -0.140. The molecule has 1 unspecified atom stereocenters. The highest BCUT2D eigenvalue weighted by atomic mass is 16.3. The average Bonchev–Trinajstić information content (AvgIpc) is 3.05. The quantitative estimate of drug-likeness (QED) is 0.349. The number of aryl methyl sites for hydroxylation is 1. The monoisotopic (exact) mass is 426 g/mol. The maximum absolute atomic E-state index is 13.1. The van der Waals surface area contributed by atoms with Crippen molar-refractivity contribution in [2.24, 2.45) is 0 Å². The van der Waals surface area contributed by atoms with Crippen molar-refractivity contribution < 1.29 is 14.7 Å². The zero-order valence-electron chi connectivity index (χ0n) is 18.4. The molecular formula is C27H26N2O3. The molecule has 5 nitrogen and oxygen atoms in total. The Hall–Kier alpha value is -3.73. The van der Waals surface area contributed by atoms with Crippen LogP contribution in [0.2, 0.25) is 0 Å². The van der Waals surface area contributed by atoms with Crippen LogP contribution in [0.5, 0.6) is 0 Å². The van der Waals surface area contributed by atoms with E-state index in [1.54, 1.807) is 30.6 Å². The first kappa shape index (κ1) is 21.5. The van der Waals surface area contributed by atoms with Crippen LogP contribution in [0.1, 0.15) is 53.6 Å². The Bertz CT molecular complexity index is 1160. The van der Waals surface area contributed by atoms with Crippen LogP contribution in [0, 0.1) is 6.92 Å². The van der Waals surface area contributed by atoms with E-state index in [-0.39, 0.29) is 17.9 Å². The normalized spacial score (nSPS) is 17.9. The molecule has 1 fully saturated rings. The number of ketones is 1. The number of carbonyl (C=O) groups excluding carboxylic acids is 2.